The molecule has 0 aliphatic heterocycles. The molecule has 0 unspecified atom stereocenters. The third-order valence-electron chi connectivity index (χ3n) is 4.08. The van der Waals surface area contributed by atoms with Gasteiger partial charge in [-0.15, -0.1) is 0 Å². The van der Waals surface area contributed by atoms with Crippen LogP contribution in [0.5, 0.6) is 0 Å². The van der Waals surface area contributed by atoms with E-state index >= 15 is 0 Å². The Hall–Kier alpha value is -0.540. The summed E-state index contributed by atoms with van der Waals surface area (Å²) in [5.74, 6) is 0.879. The molecule has 106 valence electrons. The monoisotopic (exact) mass is 324 g/mol. The Morgan fingerprint density at radius 1 is 1.26 bits per heavy atom. The molecule has 1 aromatic carbocycles. The fourth-order valence-corrected chi connectivity index (χ4v) is 3.52. The third-order valence-corrected chi connectivity index (χ3v) is 4.57. The Morgan fingerprint density at radius 3 is 2.68 bits per heavy atom. The summed E-state index contributed by atoms with van der Waals surface area (Å²) < 4.78 is 1.16. The number of nitrogens with one attached hydrogen (secondary N) is 1. The topological polar surface area (TPSA) is 15.3 Å². The van der Waals surface area contributed by atoms with E-state index in [-0.39, 0.29) is 0 Å². The summed E-state index contributed by atoms with van der Waals surface area (Å²) in [5, 5.41) is 3.26. The van der Waals surface area contributed by atoms with Gasteiger partial charge < -0.3 is 10.2 Å². The third kappa shape index (κ3) is 4.22. The zero-order valence-corrected chi connectivity index (χ0v) is 13.7. The minimum atomic E-state index is 0.879. The molecule has 2 nitrogen and oxygen atoms in total. The molecule has 0 spiro atoms. The van der Waals surface area contributed by atoms with Gasteiger partial charge in [-0.05, 0) is 49.6 Å². The van der Waals surface area contributed by atoms with E-state index in [4.69, 9.17) is 0 Å². The quantitative estimate of drug-likeness (QED) is 0.873. The number of halogens is 1. The highest BCUT2D eigenvalue weighted by Gasteiger charge is 2.17. The van der Waals surface area contributed by atoms with Crippen LogP contribution in [0.2, 0.25) is 0 Å². The maximum absolute atomic E-state index is 3.57. The first kappa shape index (κ1) is 14.9. The lowest BCUT2D eigenvalue weighted by Crippen LogP contribution is -2.28. The Kier molecular flexibility index (Phi) is 5.71. The molecule has 1 aliphatic rings. The van der Waals surface area contributed by atoms with E-state index < -0.39 is 0 Å². The molecule has 1 aliphatic carbocycles. The first-order valence-corrected chi connectivity index (χ1v) is 8.14. The minimum Gasteiger partial charge on any atom is -0.374 e. The Bertz CT molecular complexity index is 400. The lowest BCUT2D eigenvalue weighted by atomic mass is 9.89. The molecule has 1 N–H and O–H groups in total. The fourth-order valence-electron chi connectivity index (χ4n) is 3.11. The summed E-state index contributed by atoms with van der Waals surface area (Å²) in [5.41, 5.74) is 2.73. The zero-order valence-electron chi connectivity index (χ0n) is 12.1. The molecular weight excluding hydrogens is 300 g/mol. The number of hydrogen-bond acceptors (Lipinski definition) is 2. The molecule has 0 amide bonds. The minimum absolute atomic E-state index is 0.879. The van der Waals surface area contributed by atoms with Gasteiger partial charge in [-0.1, -0.05) is 35.2 Å². The van der Waals surface area contributed by atoms with Crippen LogP contribution in [0.15, 0.2) is 22.7 Å². The van der Waals surface area contributed by atoms with Crippen LogP contribution in [0.4, 0.5) is 5.69 Å². The normalized spacial score (nSPS) is 16.6. The molecule has 0 aromatic heterocycles. The molecule has 0 heterocycles. The van der Waals surface area contributed by atoms with Gasteiger partial charge in [-0.25, -0.2) is 0 Å². The highest BCUT2D eigenvalue weighted by atomic mass is 79.9. The van der Waals surface area contributed by atoms with Gasteiger partial charge in [0.1, 0.15) is 0 Å². The molecule has 1 saturated carbocycles. The van der Waals surface area contributed by atoms with Crippen molar-refractivity contribution in [1.82, 2.24) is 5.32 Å². The van der Waals surface area contributed by atoms with Gasteiger partial charge in [0.05, 0.1) is 0 Å². The lowest BCUT2D eigenvalue weighted by molar-refractivity contribution is 0.362. The van der Waals surface area contributed by atoms with Gasteiger partial charge in [0, 0.05) is 30.3 Å². The van der Waals surface area contributed by atoms with E-state index in [0.29, 0.717) is 0 Å². The van der Waals surface area contributed by atoms with Crippen molar-refractivity contribution in [1.29, 1.82) is 0 Å². The van der Waals surface area contributed by atoms with Crippen molar-refractivity contribution < 1.29 is 0 Å². The highest BCUT2D eigenvalue weighted by molar-refractivity contribution is 9.10. The van der Waals surface area contributed by atoms with Crippen molar-refractivity contribution in [3.8, 4) is 0 Å². The summed E-state index contributed by atoms with van der Waals surface area (Å²) in [7, 11) is 4.24. The Labute approximate surface area is 125 Å². The summed E-state index contributed by atoms with van der Waals surface area (Å²) in [6.45, 7) is 2.11. The molecule has 0 atom stereocenters. The number of benzene rings is 1. The highest BCUT2D eigenvalue weighted by Crippen LogP contribution is 2.28. The molecule has 0 bridgehead atoms. The second kappa shape index (κ2) is 7.30. The molecule has 1 aromatic rings. The average Bonchev–Trinajstić information content (AvgIpc) is 2.40. The van der Waals surface area contributed by atoms with Crippen molar-refractivity contribution in [2.75, 3.05) is 25.5 Å². The maximum Gasteiger partial charge on any atom is 0.0410 e. The standard InChI is InChI=1S/C16H25BrN2/c1-18-11-14-10-15(17)8-9-16(14)19(2)12-13-6-4-3-5-7-13/h8-10,13,18H,3-7,11-12H2,1-2H3. The van der Waals surface area contributed by atoms with Crippen LogP contribution in [-0.2, 0) is 6.54 Å². The number of anilines is 1. The molecule has 0 saturated heterocycles. The Morgan fingerprint density at radius 2 is 2.00 bits per heavy atom. The van der Waals surface area contributed by atoms with Crippen LogP contribution in [0, 0.1) is 5.92 Å². The van der Waals surface area contributed by atoms with Crippen molar-refractivity contribution in [2.24, 2.45) is 5.92 Å². The SMILES string of the molecule is CNCc1cc(Br)ccc1N(C)CC1CCCCC1. The predicted molar refractivity (Wildman–Crippen MR) is 86.8 cm³/mol. The van der Waals surface area contributed by atoms with E-state index in [1.165, 1.54) is 49.9 Å². The molecular formula is C16H25BrN2. The number of rotatable bonds is 5. The second-order valence-electron chi connectivity index (χ2n) is 5.69. The number of nitrogens with zero attached hydrogens (tertiary/aromatic N) is 1. The average molecular weight is 325 g/mol. The second-order valence-corrected chi connectivity index (χ2v) is 6.60. The maximum atomic E-state index is 3.57. The van der Waals surface area contributed by atoms with Gasteiger partial charge in [0.25, 0.3) is 0 Å². The summed E-state index contributed by atoms with van der Waals surface area (Å²) in [4.78, 5) is 2.44. The van der Waals surface area contributed by atoms with Crippen molar-refractivity contribution in [3.63, 3.8) is 0 Å². The first-order valence-electron chi connectivity index (χ1n) is 7.35. The van der Waals surface area contributed by atoms with Gasteiger partial charge in [-0.2, -0.15) is 0 Å². The van der Waals surface area contributed by atoms with Crippen molar-refractivity contribution in [2.45, 2.75) is 38.6 Å². The molecule has 1 fully saturated rings. The summed E-state index contributed by atoms with van der Waals surface area (Å²) >= 11 is 3.57. The van der Waals surface area contributed by atoms with E-state index in [9.17, 15) is 0 Å². The molecule has 2 rings (SSSR count). The lowest BCUT2D eigenvalue weighted by Gasteiger charge is -2.29. The van der Waals surface area contributed by atoms with Gasteiger partial charge >= 0.3 is 0 Å². The predicted octanol–water partition coefficient (Wildman–Crippen LogP) is 4.19. The van der Waals surface area contributed by atoms with Crippen LogP contribution in [-0.4, -0.2) is 20.6 Å². The molecule has 3 heteroatoms. The fraction of sp³-hybridized carbons (Fsp3) is 0.625. The summed E-state index contributed by atoms with van der Waals surface area (Å²) in [6.07, 6.45) is 7.08. The van der Waals surface area contributed by atoms with Crippen LogP contribution >= 0.6 is 15.9 Å². The first-order chi connectivity index (χ1) is 9.20. The van der Waals surface area contributed by atoms with E-state index in [1.807, 2.05) is 7.05 Å². The largest absolute Gasteiger partial charge is 0.374 e. The van der Waals surface area contributed by atoms with Crippen LogP contribution < -0.4 is 10.2 Å². The van der Waals surface area contributed by atoms with E-state index in [0.717, 1.165) is 16.9 Å². The Balaban J connectivity index is 2.06. The van der Waals surface area contributed by atoms with Crippen LogP contribution in [0.25, 0.3) is 0 Å². The molecule has 19 heavy (non-hydrogen) atoms. The summed E-state index contributed by atoms with van der Waals surface area (Å²) in [6, 6.07) is 6.61. The van der Waals surface area contributed by atoms with Gasteiger partial charge in [0.2, 0.25) is 0 Å². The number of hydrogen-bond donors (Lipinski definition) is 1. The van der Waals surface area contributed by atoms with Crippen molar-refractivity contribution in [3.05, 3.63) is 28.2 Å². The van der Waals surface area contributed by atoms with Gasteiger partial charge in [-0.3, -0.25) is 0 Å². The van der Waals surface area contributed by atoms with E-state index in [2.05, 4.69) is 51.4 Å². The smallest absolute Gasteiger partial charge is 0.0410 e. The van der Waals surface area contributed by atoms with Crippen LogP contribution in [0.3, 0.4) is 0 Å². The van der Waals surface area contributed by atoms with E-state index in [1.54, 1.807) is 0 Å². The van der Waals surface area contributed by atoms with Crippen LogP contribution in [0.1, 0.15) is 37.7 Å². The molecule has 0 radical (unpaired) electrons. The van der Waals surface area contributed by atoms with Gasteiger partial charge in [0.15, 0.2) is 0 Å². The zero-order chi connectivity index (χ0) is 13.7. The van der Waals surface area contributed by atoms with Crippen molar-refractivity contribution >= 4 is 21.6 Å².